The van der Waals surface area contributed by atoms with Gasteiger partial charge in [0.15, 0.2) is 0 Å². The summed E-state index contributed by atoms with van der Waals surface area (Å²) >= 11 is 0. The van der Waals surface area contributed by atoms with Gasteiger partial charge in [-0.1, -0.05) is 24.3 Å². The highest BCUT2D eigenvalue weighted by Gasteiger charge is 2.15. The van der Waals surface area contributed by atoms with Crippen LogP contribution in [0.25, 0.3) is 0 Å². The largest absolute Gasteiger partial charge is 0.486 e. The van der Waals surface area contributed by atoms with Crippen molar-refractivity contribution in [3.63, 3.8) is 0 Å². The molecule has 0 N–H and O–H groups in total. The lowest BCUT2D eigenvalue weighted by atomic mass is 9.98. The van der Waals surface area contributed by atoms with Crippen LogP contribution < -0.4 is 4.74 Å². The first-order valence-electron chi connectivity index (χ1n) is 5.24. The summed E-state index contributed by atoms with van der Waals surface area (Å²) in [6.07, 6.45) is 6.19. The molecule has 1 aliphatic rings. The van der Waals surface area contributed by atoms with Gasteiger partial charge in [-0.2, -0.15) is 0 Å². The third-order valence-electron chi connectivity index (χ3n) is 2.67. The second-order valence-corrected chi connectivity index (χ2v) is 3.80. The predicted octanol–water partition coefficient (Wildman–Crippen LogP) is 3.56. The average molecular weight is 188 g/mol. The third-order valence-corrected chi connectivity index (χ3v) is 2.67. The van der Waals surface area contributed by atoms with Gasteiger partial charge in [-0.25, -0.2) is 0 Å². The summed E-state index contributed by atoms with van der Waals surface area (Å²) in [6.45, 7) is 2.16. The number of para-hydroxylation sites is 1. The van der Waals surface area contributed by atoms with E-state index in [0.717, 1.165) is 12.2 Å². The fraction of sp³-hybridized carbons (Fsp3) is 0.385. The molecular formula is C13H16O. The molecule has 1 aliphatic carbocycles. The number of hydrogen-bond acceptors (Lipinski definition) is 1. The molecule has 0 radical (unpaired) electrons. The van der Waals surface area contributed by atoms with Gasteiger partial charge in [-0.3, -0.25) is 0 Å². The van der Waals surface area contributed by atoms with E-state index in [0.29, 0.717) is 6.10 Å². The van der Waals surface area contributed by atoms with Crippen molar-refractivity contribution in [1.82, 2.24) is 0 Å². The molecule has 2 rings (SSSR count). The van der Waals surface area contributed by atoms with Gasteiger partial charge in [-0.05, 0) is 43.9 Å². The Bertz CT molecular complexity index is 313. The van der Waals surface area contributed by atoms with Crippen LogP contribution in [0.3, 0.4) is 0 Å². The lowest BCUT2D eigenvalue weighted by Crippen LogP contribution is -2.20. The summed E-state index contributed by atoms with van der Waals surface area (Å²) in [5, 5.41) is 0. The lowest BCUT2D eigenvalue weighted by Gasteiger charge is -2.23. The maximum absolute atomic E-state index is 5.90. The molecule has 0 saturated heterocycles. The number of ether oxygens (including phenoxy) is 1. The minimum Gasteiger partial charge on any atom is -0.486 e. The van der Waals surface area contributed by atoms with Crippen molar-refractivity contribution in [2.24, 2.45) is 0 Å². The Labute approximate surface area is 85.4 Å². The highest BCUT2D eigenvalue weighted by Crippen LogP contribution is 2.23. The lowest BCUT2D eigenvalue weighted by molar-refractivity contribution is 0.217. The van der Waals surface area contributed by atoms with Crippen LogP contribution in [0, 0.1) is 0 Å². The molecule has 74 valence electrons. The van der Waals surface area contributed by atoms with Crippen molar-refractivity contribution in [3.05, 3.63) is 42.0 Å². The maximum atomic E-state index is 5.90. The van der Waals surface area contributed by atoms with Gasteiger partial charge < -0.3 is 4.74 Å². The van der Waals surface area contributed by atoms with E-state index in [2.05, 4.69) is 13.0 Å². The van der Waals surface area contributed by atoms with Crippen LogP contribution in [0.15, 0.2) is 42.0 Å². The van der Waals surface area contributed by atoms with E-state index in [-0.39, 0.29) is 0 Å². The molecular weight excluding hydrogens is 172 g/mol. The van der Waals surface area contributed by atoms with Crippen molar-refractivity contribution in [1.29, 1.82) is 0 Å². The summed E-state index contributed by atoms with van der Waals surface area (Å²) in [4.78, 5) is 0. The summed E-state index contributed by atoms with van der Waals surface area (Å²) in [5.74, 6) is 0.979. The molecule has 0 saturated carbocycles. The van der Waals surface area contributed by atoms with E-state index in [9.17, 15) is 0 Å². The van der Waals surface area contributed by atoms with Crippen molar-refractivity contribution in [3.8, 4) is 5.75 Å². The molecule has 1 heteroatoms. The molecule has 14 heavy (non-hydrogen) atoms. The van der Waals surface area contributed by atoms with Gasteiger partial charge in [0, 0.05) is 0 Å². The van der Waals surface area contributed by atoms with E-state index in [1.54, 1.807) is 0 Å². The van der Waals surface area contributed by atoms with Crippen molar-refractivity contribution < 1.29 is 4.74 Å². The molecule has 0 fully saturated rings. The third kappa shape index (κ3) is 2.16. The van der Waals surface area contributed by atoms with Gasteiger partial charge >= 0.3 is 0 Å². The van der Waals surface area contributed by atoms with Gasteiger partial charge in [-0.15, -0.1) is 0 Å². The first-order chi connectivity index (χ1) is 6.86. The Morgan fingerprint density at radius 1 is 1.21 bits per heavy atom. The monoisotopic (exact) mass is 188 g/mol. The predicted molar refractivity (Wildman–Crippen MR) is 58.5 cm³/mol. The van der Waals surface area contributed by atoms with Gasteiger partial charge in [0.25, 0.3) is 0 Å². The Morgan fingerprint density at radius 3 is 2.71 bits per heavy atom. The zero-order valence-corrected chi connectivity index (χ0v) is 8.57. The first kappa shape index (κ1) is 9.32. The highest BCUT2D eigenvalue weighted by molar-refractivity contribution is 5.23. The molecule has 1 aromatic rings. The molecule has 0 aliphatic heterocycles. The Balaban J connectivity index is 2.04. The van der Waals surface area contributed by atoms with E-state index in [1.165, 1.54) is 18.4 Å². The van der Waals surface area contributed by atoms with E-state index >= 15 is 0 Å². The fourth-order valence-corrected chi connectivity index (χ4v) is 1.81. The molecule has 0 bridgehead atoms. The average Bonchev–Trinajstić information content (AvgIpc) is 2.23. The number of benzene rings is 1. The minimum absolute atomic E-state index is 0.297. The Hall–Kier alpha value is -1.24. The Morgan fingerprint density at radius 2 is 2.00 bits per heavy atom. The van der Waals surface area contributed by atoms with Crippen LogP contribution in [-0.4, -0.2) is 6.10 Å². The summed E-state index contributed by atoms with van der Waals surface area (Å²) in [7, 11) is 0. The zero-order valence-electron chi connectivity index (χ0n) is 8.57. The topological polar surface area (TPSA) is 9.23 Å². The molecule has 0 unspecified atom stereocenters. The van der Waals surface area contributed by atoms with E-state index in [4.69, 9.17) is 4.74 Å². The highest BCUT2D eigenvalue weighted by atomic mass is 16.5. The van der Waals surface area contributed by atoms with Crippen LogP contribution in [-0.2, 0) is 0 Å². The van der Waals surface area contributed by atoms with Crippen LogP contribution in [0.4, 0.5) is 0 Å². The van der Waals surface area contributed by atoms with E-state index < -0.39 is 0 Å². The molecule has 1 aromatic carbocycles. The molecule has 1 nitrogen and oxygen atoms in total. The van der Waals surface area contributed by atoms with Crippen LogP contribution >= 0.6 is 0 Å². The molecule has 0 heterocycles. The van der Waals surface area contributed by atoms with Crippen LogP contribution in [0.1, 0.15) is 26.2 Å². The summed E-state index contributed by atoms with van der Waals surface area (Å²) in [5.41, 5.74) is 1.38. The first-order valence-corrected chi connectivity index (χ1v) is 5.24. The van der Waals surface area contributed by atoms with Gasteiger partial charge in [0.1, 0.15) is 11.9 Å². The minimum atomic E-state index is 0.297. The van der Waals surface area contributed by atoms with Gasteiger partial charge in [0.05, 0.1) is 0 Å². The molecule has 0 aromatic heterocycles. The van der Waals surface area contributed by atoms with Crippen molar-refractivity contribution in [2.75, 3.05) is 0 Å². The molecule has 0 spiro atoms. The molecule has 0 amide bonds. The van der Waals surface area contributed by atoms with Crippen LogP contribution in [0.2, 0.25) is 0 Å². The summed E-state index contributed by atoms with van der Waals surface area (Å²) < 4.78 is 5.90. The second-order valence-electron chi connectivity index (χ2n) is 3.80. The summed E-state index contributed by atoms with van der Waals surface area (Å²) in [6, 6.07) is 10.1. The standard InChI is InChI=1S/C13H16O/c1-11-7-5-6-10-13(11)14-12-8-3-2-4-9-12/h2-4,7-9,13H,5-6,10H2,1H3/t13-/m0/s1. The SMILES string of the molecule is CC1=CCCC[C@@H]1Oc1ccccc1. The van der Waals surface area contributed by atoms with Gasteiger partial charge in [0.2, 0.25) is 0 Å². The maximum Gasteiger partial charge on any atom is 0.120 e. The number of rotatable bonds is 2. The molecule has 1 atom stereocenters. The van der Waals surface area contributed by atoms with Crippen LogP contribution in [0.5, 0.6) is 5.75 Å². The fourth-order valence-electron chi connectivity index (χ4n) is 1.81. The smallest absolute Gasteiger partial charge is 0.120 e. The van der Waals surface area contributed by atoms with Crippen molar-refractivity contribution >= 4 is 0 Å². The normalized spacial score (nSPS) is 21.5. The number of hydrogen-bond donors (Lipinski definition) is 0. The van der Waals surface area contributed by atoms with Crippen molar-refractivity contribution in [2.45, 2.75) is 32.3 Å². The zero-order chi connectivity index (χ0) is 9.80. The second kappa shape index (κ2) is 4.32. The van der Waals surface area contributed by atoms with E-state index in [1.807, 2.05) is 30.3 Å². The quantitative estimate of drug-likeness (QED) is 0.645. The number of allylic oxidation sites excluding steroid dienone is 1. The Kier molecular flexibility index (Phi) is 2.87.